The van der Waals surface area contributed by atoms with Gasteiger partial charge in [-0.05, 0) is 48.5 Å². The average Bonchev–Trinajstić information content (AvgIpc) is 3.77. The SMILES string of the molecule is c1ccc2c(c1)oc1ccc3c(nc4n3c3cccc5c3n4c3nc4ccc6oc7ccccc7c6c4n53)c12. The molecule has 0 unspecified atom stereocenters. The van der Waals surface area contributed by atoms with Gasteiger partial charge in [0.1, 0.15) is 33.4 Å². The summed E-state index contributed by atoms with van der Waals surface area (Å²) in [5.41, 5.74) is 10.7. The Labute approximate surface area is 217 Å². The van der Waals surface area contributed by atoms with Gasteiger partial charge in [-0.25, -0.2) is 14.4 Å². The van der Waals surface area contributed by atoms with Crippen molar-refractivity contribution in [3.8, 4) is 0 Å². The van der Waals surface area contributed by atoms with E-state index in [9.17, 15) is 0 Å². The standard InChI is InChI=1S/C32H15N5O2/c1-3-10-22-16(6-1)26-24(38-22)15-13-19-28(26)34-32-35(19)20-8-5-9-21-30(20)37(32)31-33-18-12-14-25-27(29(18)36(21)31)17-7-2-4-11-23(17)39-25/h1-15H. The van der Waals surface area contributed by atoms with Crippen molar-refractivity contribution in [1.29, 1.82) is 0 Å². The number of nitrogens with zero attached hydrogens (tertiary/aromatic N) is 5. The predicted octanol–water partition coefficient (Wildman–Crippen LogP) is 7.93. The Hall–Kier alpha value is -5.56. The van der Waals surface area contributed by atoms with Gasteiger partial charge >= 0.3 is 0 Å². The third-order valence-electron chi connectivity index (χ3n) is 8.39. The number of aromatic nitrogens is 5. The Morgan fingerprint density at radius 3 is 1.95 bits per heavy atom. The van der Waals surface area contributed by atoms with E-state index in [1.54, 1.807) is 0 Å². The van der Waals surface area contributed by atoms with Crippen molar-refractivity contribution in [2.75, 3.05) is 0 Å². The predicted molar refractivity (Wildman–Crippen MR) is 153 cm³/mol. The lowest BCUT2D eigenvalue weighted by Crippen LogP contribution is -1.87. The van der Waals surface area contributed by atoms with Gasteiger partial charge in [0, 0.05) is 10.8 Å². The van der Waals surface area contributed by atoms with Crippen molar-refractivity contribution in [1.82, 2.24) is 23.2 Å². The molecule has 0 bridgehead atoms. The fraction of sp³-hybridized carbons (Fsp3) is 0. The summed E-state index contributed by atoms with van der Waals surface area (Å²) in [5.74, 6) is 1.68. The van der Waals surface area contributed by atoms with Crippen LogP contribution in [0.3, 0.4) is 0 Å². The number of rotatable bonds is 0. The van der Waals surface area contributed by atoms with Crippen LogP contribution >= 0.6 is 0 Å². The van der Waals surface area contributed by atoms with Gasteiger partial charge in [-0.1, -0.05) is 42.5 Å². The number of para-hydroxylation sites is 3. The molecule has 0 saturated heterocycles. The normalized spacial score (nSPS) is 13.1. The molecule has 0 aliphatic heterocycles. The highest BCUT2D eigenvalue weighted by atomic mass is 16.3. The largest absolute Gasteiger partial charge is 0.456 e. The van der Waals surface area contributed by atoms with Crippen LogP contribution in [0.15, 0.2) is 99.8 Å². The fourth-order valence-electron chi connectivity index (χ4n) is 6.87. The molecule has 0 fully saturated rings. The van der Waals surface area contributed by atoms with Crippen molar-refractivity contribution >= 4 is 94.0 Å². The van der Waals surface area contributed by atoms with E-state index in [0.717, 1.165) is 94.0 Å². The van der Waals surface area contributed by atoms with E-state index in [0.29, 0.717) is 0 Å². The Morgan fingerprint density at radius 2 is 1.13 bits per heavy atom. The molecule has 0 aliphatic carbocycles. The van der Waals surface area contributed by atoms with Crippen LogP contribution in [-0.4, -0.2) is 23.2 Å². The molecule has 180 valence electrons. The molecule has 0 amide bonds. The molecule has 6 aromatic heterocycles. The van der Waals surface area contributed by atoms with E-state index in [-0.39, 0.29) is 0 Å². The number of imidazole rings is 4. The zero-order valence-electron chi connectivity index (χ0n) is 20.2. The second-order valence-corrected chi connectivity index (χ2v) is 10.3. The maximum Gasteiger partial charge on any atom is 0.223 e. The molecule has 0 spiro atoms. The first kappa shape index (κ1) is 18.6. The topological polar surface area (TPSA) is 65.3 Å². The van der Waals surface area contributed by atoms with Gasteiger partial charge in [0.05, 0.1) is 38.4 Å². The maximum absolute atomic E-state index is 6.23. The monoisotopic (exact) mass is 501 g/mol. The summed E-state index contributed by atoms with van der Waals surface area (Å²) in [6.07, 6.45) is 0. The van der Waals surface area contributed by atoms with Crippen molar-refractivity contribution in [3.05, 3.63) is 91.0 Å². The minimum atomic E-state index is 0.840. The first-order chi connectivity index (χ1) is 19.3. The molecule has 5 aromatic carbocycles. The molecule has 0 atom stereocenters. The van der Waals surface area contributed by atoms with Crippen molar-refractivity contribution in [2.45, 2.75) is 0 Å². The van der Waals surface area contributed by atoms with Crippen molar-refractivity contribution in [2.24, 2.45) is 0 Å². The van der Waals surface area contributed by atoms with Gasteiger partial charge in [-0.15, -0.1) is 0 Å². The minimum absolute atomic E-state index is 0.840. The molecule has 0 aliphatic rings. The summed E-state index contributed by atoms with van der Waals surface area (Å²) in [6, 6.07) is 31.1. The summed E-state index contributed by atoms with van der Waals surface area (Å²) in [6.45, 7) is 0. The first-order valence-electron chi connectivity index (χ1n) is 12.9. The number of hydrogen-bond acceptors (Lipinski definition) is 4. The van der Waals surface area contributed by atoms with Crippen LogP contribution in [0.1, 0.15) is 0 Å². The lowest BCUT2D eigenvalue weighted by Gasteiger charge is -1.99. The average molecular weight is 502 g/mol. The number of hydrogen-bond donors (Lipinski definition) is 0. The summed E-state index contributed by atoms with van der Waals surface area (Å²) >= 11 is 0. The van der Waals surface area contributed by atoms with Gasteiger partial charge < -0.3 is 8.83 Å². The molecule has 0 radical (unpaired) electrons. The Bertz CT molecular complexity index is 2830. The Morgan fingerprint density at radius 1 is 0.462 bits per heavy atom. The van der Waals surface area contributed by atoms with Crippen LogP contribution in [0, 0.1) is 0 Å². The smallest absolute Gasteiger partial charge is 0.223 e. The third kappa shape index (κ3) is 1.94. The van der Waals surface area contributed by atoms with Crippen LogP contribution in [0.5, 0.6) is 0 Å². The quantitative estimate of drug-likeness (QED) is 0.212. The second-order valence-electron chi connectivity index (χ2n) is 10.3. The Balaban J connectivity index is 1.41. The van der Waals surface area contributed by atoms with E-state index < -0.39 is 0 Å². The molecule has 11 rings (SSSR count). The van der Waals surface area contributed by atoms with E-state index in [1.807, 2.05) is 36.4 Å². The highest BCUT2D eigenvalue weighted by molar-refractivity contribution is 6.20. The van der Waals surface area contributed by atoms with Gasteiger partial charge in [0.15, 0.2) is 0 Å². The maximum atomic E-state index is 6.23. The van der Waals surface area contributed by atoms with E-state index in [4.69, 9.17) is 18.8 Å². The molecule has 7 heteroatoms. The summed E-state index contributed by atoms with van der Waals surface area (Å²) in [5, 5.41) is 4.30. The van der Waals surface area contributed by atoms with Gasteiger partial charge in [0.25, 0.3) is 0 Å². The van der Waals surface area contributed by atoms with Gasteiger partial charge in [-0.3, -0.25) is 8.80 Å². The molecular formula is C32H15N5O2. The Kier molecular flexibility index (Phi) is 2.84. The zero-order chi connectivity index (χ0) is 25.0. The van der Waals surface area contributed by atoms with Crippen LogP contribution in [0.4, 0.5) is 0 Å². The van der Waals surface area contributed by atoms with Gasteiger partial charge in [-0.2, -0.15) is 0 Å². The summed E-state index contributed by atoms with van der Waals surface area (Å²) < 4.78 is 19.1. The molecule has 39 heavy (non-hydrogen) atoms. The van der Waals surface area contributed by atoms with Crippen molar-refractivity contribution < 1.29 is 8.83 Å². The number of benzene rings is 5. The zero-order valence-corrected chi connectivity index (χ0v) is 20.2. The summed E-state index contributed by atoms with van der Waals surface area (Å²) in [7, 11) is 0. The lowest BCUT2D eigenvalue weighted by molar-refractivity contribution is 0.669. The van der Waals surface area contributed by atoms with Crippen LogP contribution in [-0.2, 0) is 0 Å². The van der Waals surface area contributed by atoms with Crippen molar-refractivity contribution in [3.63, 3.8) is 0 Å². The number of furan rings is 2. The highest BCUT2D eigenvalue weighted by Crippen LogP contribution is 2.41. The van der Waals surface area contributed by atoms with Crippen LogP contribution in [0.2, 0.25) is 0 Å². The molecule has 0 saturated carbocycles. The van der Waals surface area contributed by atoms with Gasteiger partial charge in [0.2, 0.25) is 11.6 Å². The molecule has 6 heterocycles. The highest BCUT2D eigenvalue weighted by Gasteiger charge is 2.26. The van der Waals surface area contributed by atoms with E-state index in [2.05, 4.69) is 67.8 Å². The molecule has 0 N–H and O–H groups in total. The third-order valence-corrected chi connectivity index (χ3v) is 8.39. The molecule has 7 nitrogen and oxygen atoms in total. The van der Waals surface area contributed by atoms with Crippen LogP contribution < -0.4 is 0 Å². The fourth-order valence-corrected chi connectivity index (χ4v) is 6.87. The molecule has 11 aromatic rings. The lowest BCUT2D eigenvalue weighted by atomic mass is 10.1. The van der Waals surface area contributed by atoms with E-state index >= 15 is 0 Å². The van der Waals surface area contributed by atoms with Crippen LogP contribution in [0.25, 0.3) is 94.0 Å². The minimum Gasteiger partial charge on any atom is -0.456 e. The van der Waals surface area contributed by atoms with E-state index in [1.165, 1.54) is 0 Å². The second kappa shape index (κ2) is 5.95. The number of fused-ring (bicyclic) bond motifs is 18. The molecular weight excluding hydrogens is 486 g/mol. The first-order valence-corrected chi connectivity index (χ1v) is 12.9. The summed E-state index contributed by atoms with van der Waals surface area (Å²) in [4.78, 5) is 10.4.